The molecule has 1 atom stereocenters. The molecule has 0 aliphatic heterocycles. The predicted octanol–water partition coefficient (Wildman–Crippen LogP) is 2.70. The van der Waals surface area contributed by atoms with Gasteiger partial charge in [0.2, 0.25) is 0 Å². The molecule has 0 fully saturated rings. The van der Waals surface area contributed by atoms with Gasteiger partial charge < -0.3 is 9.67 Å². The first-order valence-electron chi connectivity index (χ1n) is 6.55. The molecule has 1 N–H and O–H groups in total. The van der Waals surface area contributed by atoms with Crippen molar-refractivity contribution in [3.8, 4) is 0 Å². The predicted molar refractivity (Wildman–Crippen MR) is 84.1 cm³/mol. The molecule has 0 spiro atoms. The maximum atomic E-state index is 12.3. The Labute approximate surface area is 129 Å². The fourth-order valence-corrected chi connectivity index (χ4v) is 3.06. The molecular weight excluding hydrogens is 304 g/mol. The highest BCUT2D eigenvalue weighted by molar-refractivity contribution is 7.17. The third-order valence-corrected chi connectivity index (χ3v) is 4.31. The summed E-state index contributed by atoms with van der Waals surface area (Å²) in [4.78, 5) is 22.5. The fraction of sp³-hybridized carbons (Fsp3) is 0.133. The molecule has 0 amide bonds. The summed E-state index contributed by atoms with van der Waals surface area (Å²) in [5, 5.41) is 23.5. The number of non-ortho nitro benzene ring substituents is 1. The lowest BCUT2D eigenvalue weighted by molar-refractivity contribution is -0.385. The third kappa shape index (κ3) is 2.63. The number of rotatable bonds is 4. The highest BCUT2D eigenvalue weighted by Gasteiger charge is 2.14. The van der Waals surface area contributed by atoms with Crippen LogP contribution in [0.1, 0.15) is 11.7 Å². The van der Waals surface area contributed by atoms with Crippen LogP contribution in [0, 0.1) is 10.1 Å². The van der Waals surface area contributed by atoms with Crippen LogP contribution >= 0.6 is 11.3 Å². The topological polar surface area (TPSA) is 85.4 Å². The summed E-state index contributed by atoms with van der Waals surface area (Å²) < 4.78 is 2.31. The lowest BCUT2D eigenvalue weighted by atomic mass is 10.1. The maximum absolute atomic E-state index is 12.3. The van der Waals surface area contributed by atoms with Crippen LogP contribution in [0.4, 0.5) is 5.69 Å². The minimum atomic E-state index is -0.992. The summed E-state index contributed by atoms with van der Waals surface area (Å²) in [5.41, 5.74) is 0.145. The van der Waals surface area contributed by atoms with Gasteiger partial charge in [-0.05, 0) is 23.1 Å². The largest absolute Gasteiger partial charge is 0.387 e. The van der Waals surface area contributed by atoms with Gasteiger partial charge in [-0.25, -0.2) is 0 Å². The van der Waals surface area contributed by atoms with Gasteiger partial charge in [-0.1, -0.05) is 12.1 Å². The van der Waals surface area contributed by atoms with Crippen LogP contribution in [0.15, 0.2) is 52.8 Å². The summed E-state index contributed by atoms with van der Waals surface area (Å²) in [7, 11) is 0. The lowest BCUT2D eigenvalue weighted by Crippen LogP contribution is -2.22. The standard InChI is InChI=1S/C15H12N2O4S/c18-13(10-2-1-3-11(8-10)17(20)21)9-16-6-4-14-12(15(16)19)5-7-22-14/h1-8,13,18H,9H2. The molecule has 112 valence electrons. The number of benzene rings is 1. The fourth-order valence-electron chi connectivity index (χ4n) is 2.29. The molecule has 0 aliphatic carbocycles. The van der Waals surface area contributed by atoms with Gasteiger partial charge in [0, 0.05) is 23.0 Å². The summed E-state index contributed by atoms with van der Waals surface area (Å²) in [6.07, 6.45) is 0.635. The van der Waals surface area contributed by atoms with Gasteiger partial charge in [-0.3, -0.25) is 14.9 Å². The van der Waals surface area contributed by atoms with Gasteiger partial charge in [0.1, 0.15) is 0 Å². The van der Waals surface area contributed by atoms with E-state index in [1.165, 1.54) is 34.1 Å². The van der Waals surface area contributed by atoms with Crippen molar-refractivity contribution in [1.82, 2.24) is 4.57 Å². The first-order valence-corrected chi connectivity index (χ1v) is 7.43. The second kappa shape index (κ2) is 5.70. The van der Waals surface area contributed by atoms with Crippen LogP contribution in [0.2, 0.25) is 0 Å². The second-order valence-electron chi connectivity index (χ2n) is 4.84. The maximum Gasteiger partial charge on any atom is 0.269 e. The SMILES string of the molecule is O=c1c2ccsc2ccn1CC(O)c1cccc([N+](=O)[O-])c1. The molecule has 22 heavy (non-hydrogen) atoms. The van der Waals surface area contributed by atoms with Gasteiger partial charge in [0.15, 0.2) is 0 Å². The molecule has 0 aliphatic rings. The molecule has 1 aromatic carbocycles. The number of fused-ring (bicyclic) bond motifs is 1. The van der Waals surface area contributed by atoms with Crippen LogP contribution in [0.3, 0.4) is 0 Å². The summed E-state index contributed by atoms with van der Waals surface area (Å²) in [6.45, 7) is 0.0474. The number of nitrogens with zero attached hydrogens (tertiary/aromatic N) is 2. The highest BCUT2D eigenvalue weighted by Crippen LogP contribution is 2.21. The number of pyridine rings is 1. The van der Waals surface area contributed by atoms with E-state index in [0.717, 1.165) is 4.70 Å². The first kappa shape index (κ1) is 14.4. The number of aromatic nitrogens is 1. The van der Waals surface area contributed by atoms with E-state index < -0.39 is 11.0 Å². The number of aliphatic hydroxyl groups excluding tert-OH is 1. The van der Waals surface area contributed by atoms with Crippen LogP contribution in [0.5, 0.6) is 0 Å². The molecular formula is C15H12N2O4S. The molecule has 6 nitrogen and oxygen atoms in total. The van der Waals surface area contributed by atoms with Crippen molar-refractivity contribution < 1.29 is 10.0 Å². The van der Waals surface area contributed by atoms with Crippen molar-refractivity contribution >= 4 is 27.1 Å². The quantitative estimate of drug-likeness (QED) is 0.592. The Hall–Kier alpha value is -2.51. The van der Waals surface area contributed by atoms with Crippen LogP contribution in [-0.4, -0.2) is 14.6 Å². The average Bonchev–Trinajstić information content (AvgIpc) is 2.99. The number of nitro benzene ring substituents is 1. The van der Waals surface area contributed by atoms with Crippen molar-refractivity contribution in [2.45, 2.75) is 12.6 Å². The number of hydrogen-bond donors (Lipinski definition) is 1. The zero-order valence-electron chi connectivity index (χ0n) is 11.4. The van der Waals surface area contributed by atoms with Crippen molar-refractivity contribution in [1.29, 1.82) is 0 Å². The normalized spacial score (nSPS) is 12.4. The summed E-state index contributed by atoms with van der Waals surface area (Å²) >= 11 is 1.48. The van der Waals surface area contributed by atoms with Crippen molar-refractivity contribution in [2.75, 3.05) is 0 Å². The zero-order chi connectivity index (χ0) is 15.7. The molecule has 1 unspecified atom stereocenters. The smallest absolute Gasteiger partial charge is 0.269 e. The van der Waals surface area contributed by atoms with E-state index in [2.05, 4.69) is 0 Å². The lowest BCUT2D eigenvalue weighted by Gasteiger charge is -2.13. The summed E-state index contributed by atoms with van der Waals surface area (Å²) in [6, 6.07) is 9.37. The van der Waals surface area contributed by atoms with Crippen LogP contribution in [0.25, 0.3) is 10.1 Å². The molecule has 2 aromatic heterocycles. The van der Waals surface area contributed by atoms with Gasteiger partial charge in [0.25, 0.3) is 11.2 Å². The van der Waals surface area contributed by atoms with E-state index in [1.54, 1.807) is 18.3 Å². The van der Waals surface area contributed by atoms with Gasteiger partial charge in [-0.15, -0.1) is 11.3 Å². The van der Waals surface area contributed by atoms with Crippen molar-refractivity contribution in [2.24, 2.45) is 0 Å². The van der Waals surface area contributed by atoms with Gasteiger partial charge in [0.05, 0.1) is 23.0 Å². The summed E-state index contributed by atoms with van der Waals surface area (Å²) in [5.74, 6) is 0. The molecule has 0 radical (unpaired) electrons. The highest BCUT2D eigenvalue weighted by atomic mass is 32.1. The zero-order valence-corrected chi connectivity index (χ0v) is 12.2. The Bertz CT molecular complexity index is 900. The van der Waals surface area contributed by atoms with Crippen molar-refractivity contribution in [3.05, 3.63) is 74.0 Å². The van der Waals surface area contributed by atoms with Crippen LogP contribution in [-0.2, 0) is 6.54 Å². The molecule has 0 saturated carbocycles. The van der Waals surface area contributed by atoms with E-state index in [4.69, 9.17) is 0 Å². The molecule has 0 saturated heterocycles. The number of aliphatic hydroxyl groups is 1. The Morgan fingerprint density at radius 1 is 1.32 bits per heavy atom. The van der Waals surface area contributed by atoms with E-state index >= 15 is 0 Å². The monoisotopic (exact) mass is 316 g/mol. The molecule has 3 aromatic rings. The molecule has 0 bridgehead atoms. The van der Waals surface area contributed by atoms with E-state index in [9.17, 15) is 20.0 Å². The van der Waals surface area contributed by atoms with Gasteiger partial charge >= 0.3 is 0 Å². The number of hydrogen-bond acceptors (Lipinski definition) is 5. The average molecular weight is 316 g/mol. The Balaban J connectivity index is 1.91. The Morgan fingerprint density at radius 2 is 2.14 bits per heavy atom. The number of thiophene rings is 1. The molecule has 3 rings (SSSR count). The third-order valence-electron chi connectivity index (χ3n) is 3.43. The first-order chi connectivity index (χ1) is 10.6. The minimum absolute atomic E-state index is 0.0474. The minimum Gasteiger partial charge on any atom is -0.387 e. The Kier molecular flexibility index (Phi) is 3.74. The number of nitro groups is 1. The van der Waals surface area contributed by atoms with Gasteiger partial charge in [-0.2, -0.15) is 0 Å². The van der Waals surface area contributed by atoms with Crippen LogP contribution < -0.4 is 5.56 Å². The molecule has 7 heteroatoms. The Morgan fingerprint density at radius 3 is 2.91 bits per heavy atom. The van der Waals surface area contributed by atoms with Crippen molar-refractivity contribution in [3.63, 3.8) is 0 Å². The van der Waals surface area contributed by atoms with E-state index in [0.29, 0.717) is 10.9 Å². The van der Waals surface area contributed by atoms with E-state index in [-0.39, 0.29) is 17.8 Å². The van der Waals surface area contributed by atoms with E-state index in [1.807, 2.05) is 11.4 Å². The second-order valence-corrected chi connectivity index (χ2v) is 5.79. The molecule has 2 heterocycles.